The summed E-state index contributed by atoms with van der Waals surface area (Å²) in [4.78, 5) is 25.2. The molecule has 0 spiro atoms. The highest BCUT2D eigenvalue weighted by Crippen LogP contribution is 2.22. The van der Waals surface area contributed by atoms with Crippen LogP contribution in [0, 0.1) is 0 Å². The molecule has 0 aliphatic heterocycles. The second kappa shape index (κ2) is 6.87. The molecule has 0 atom stereocenters. The summed E-state index contributed by atoms with van der Waals surface area (Å²) in [5, 5.41) is 17.0. The molecule has 144 valence electrons. The van der Waals surface area contributed by atoms with Gasteiger partial charge in [0.2, 0.25) is 5.65 Å². The number of aromatic amines is 2. The Labute approximate surface area is 160 Å². The van der Waals surface area contributed by atoms with Crippen molar-refractivity contribution in [3.8, 4) is 11.4 Å². The van der Waals surface area contributed by atoms with Gasteiger partial charge in [0, 0.05) is 42.5 Å². The first kappa shape index (κ1) is 17.8. The van der Waals surface area contributed by atoms with E-state index in [9.17, 15) is 4.79 Å². The zero-order chi connectivity index (χ0) is 19.7. The summed E-state index contributed by atoms with van der Waals surface area (Å²) in [6, 6.07) is 3.72. The summed E-state index contributed by atoms with van der Waals surface area (Å²) in [5.74, 6) is 1.94. The Bertz CT molecular complexity index is 1150. The third-order valence-electron chi connectivity index (χ3n) is 4.29. The molecule has 0 aromatic carbocycles. The van der Waals surface area contributed by atoms with Gasteiger partial charge in [-0.2, -0.15) is 5.10 Å². The summed E-state index contributed by atoms with van der Waals surface area (Å²) in [7, 11) is 0. The zero-order valence-corrected chi connectivity index (χ0v) is 15.9. The smallest absolute Gasteiger partial charge is 0.347 e. The van der Waals surface area contributed by atoms with Crippen LogP contribution in [-0.4, -0.2) is 46.3 Å². The van der Waals surface area contributed by atoms with E-state index >= 15 is 0 Å². The van der Waals surface area contributed by atoms with E-state index in [-0.39, 0.29) is 11.1 Å². The number of anilines is 1. The van der Waals surface area contributed by atoms with Crippen LogP contribution in [-0.2, 0) is 11.8 Å². The van der Waals surface area contributed by atoms with Crippen LogP contribution in [0.1, 0.15) is 32.3 Å². The Morgan fingerprint density at radius 3 is 2.64 bits per heavy atom. The molecule has 4 aromatic rings. The Hall–Kier alpha value is -3.56. The monoisotopic (exact) mass is 379 g/mol. The van der Waals surface area contributed by atoms with Crippen LogP contribution in [0.2, 0.25) is 0 Å². The van der Waals surface area contributed by atoms with E-state index in [1.54, 1.807) is 18.6 Å². The molecule has 10 heteroatoms. The summed E-state index contributed by atoms with van der Waals surface area (Å²) in [6.45, 7) is 6.70. The van der Waals surface area contributed by atoms with Crippen molar-refractivity contribution in [2.24, 2.45) is 0 Å². The lowest BCUT2D eigenvalue weighted by Crippen LogP contribution is -2.20. The number of rotatable bonds is 5. The van der Waals surface area contributed by atoms with E-state index in [0.717, 1.165) is 17.1 Å². The Balaban J connectivity index is 1.52. The largest absolute Gasteiger partial charge is 0.366 e. The summed E-state index contributed by atoms with van der Waals surface area (Å²) >= 11 is 0. The Morgan fingerprint density at radius 1 is 1.11 bits per heavy atom. The van der Waals surface area contributed by atoms with Gasteiger partial charge in [-0.15, -0.1) is 5.10 Å². The second-order valence-corrected chi connectivity index (χ2v) is 7.47. The lowest BCUT2D eigenvalue weighted by atomic mass is 9.93. The van der Waals surface area contributed by atoms with Gasteiger partial charge in [0.25, 0.3) is 0 Å². The minimum atomic E-state index is -0.289. The second-order valence-electron chi connectivity index (χ2n) is 7.47. The minimum absolute atomic E-state index is 0.203. The molecule has 0 bridgehead atoms. The van der Waals surface area contributed by atoms with Crippen LogP contribution in [0.4, 0.5) is 5.82 Å². The number of hydrogen-bond donors (Lipinski definition) is 3. The normalized spacial score (nSPS) is 11.8. The van der Waals surface area contributed by atoms with Crippen LogP contribution >= 0.6 is 0 Å². The first-order valence-electron chi connectivity index (χ1n) is 8.95. The van der Waals surface area contributed by atoms with Gasteiger partial charge in [0.05, 0.1) is 5.69 Å². The molecule has 28 heavy (non-hydrogen) atoms. The summed E-state index contributed by atoms with van der Waals surface area (Å²) in [6.07, 6.45) is 5.75. The fourth-order valence-corrected chi connectivity index (χ4v) is 2.73. The molecule has 0 aliphatic rings. The maximum Gasteiger partial charge on any atom is 0.347 e. The molecule has 3 N–H and O–H groups in total. The van der Waals surface area contributed by atoms with E-state index in [1.807, 2.05) is 32.9 Å². The molecular formula is C18H21N9O. The number of fused-ring (bicyclic) bond motifs is 1. The van der Waals surface area contributed by atoms with Crippen LogP contribution in [0.15, 0.2) is 35.5 Å². The topological polar surface area (TPSA) is 130 Å². The number of aromatic nitrogens is 8. The van der Waals surface area contributed by atoms with E-state index in [1.165, 1.54) is 4.40 Å². The maximum absolute atomic E-state index is 12.0. The van der Waals surface area contributed by atoms with Crippen LogP contribution in [0.5, 0.6) is 0 Å². The number of H-pyrrole nitrogens is 2. The van der Waals surface area contributed by atoms with Crippen molar-refractivity contribution in [3.63, 3.8) is 0 Å². The van der Waals surface area contributed by atoms with Crippen LogP contribution in [0.3, 0.4) is 0 Å². The van der Waals surface area contributed by atoms with E-state index < -0.39 is 0 Å². The predicted molar refractivity (Wildman–Crippen MR) is 104 cm³/mol. The number of hydrogen-bond acceptors (Lipinski definition) is 7. The van der Waals surface area contributed by atoms with Gasteiger partial charge in [-0.3, -0.25) is 10.1 Å². The average molecular weight is 379 g/mol. The standard InChI is InChI=1S/C18H21N9O/c1-18(2,3)12-10-27-16(25-26-17(27)28)15(21-12)20-9-6-13-22-14(24-23-13)11-4-7-19-8-5-11/h4-5,7-8,10H,6,9H2,1-3H3,(H,20,21)(H,26,28)(H,22,23,24). The van der Waals surface area contributed by atoms with Crippen LogP contribution in [0.25, 0.3) is 17.0 Å². The molecule has 4 heterocycles. The molecule has 0 aliphatic carbocycles. The molecule has 0 fully saturated rings. The average Bonchev–Trinajstić information content (AvgIpc) is 3.29. The van der Waals surface area contributed by atoms with Gasteiger partial charge in [-0.05, 0) is 12.1 Å². The number of nitrogens with zero attached hydrogens (tertiary/aromatic N) is 6. The van der Waals surface area contributed by atoms with Gasteiger partial charge < -0.3 is 5.32 Å². The number of pyridine rings is 1. The third-order valence-corrected chi connectivity index (χ3v) is 4.29. The highest BCUT2D eigenvalue weighted by atomic mass is 16.1. The molecule has 0 amide bonds. The van der Waals surface area contributed by atoms with E-state index in [2.05, 4.69) is 40.7 Å². The van der Waals surface area contributed by atoms with Gasteiger partial charge in [0.15, 0.2) is 11.6 Å². The SMILES string of the molecule is CC(C)(C)c1cn2c(=O)[nH]nc2c(NCCc2nc(-c3ccncc3)n[nH]2)n1. The van der Waals surface area contributed by atoms with Crippen molar-refractivity contribution in [2.45, 2.75) is 32.6 Å². The zero-order valence-electron chi connectivity index (χ0n) is 15.9. The van der Waals surface area contributed by atoms with Gasteiger partial charge in [-0.25, -0.2) is 24.3 Å². The van der Waals surface area contributed by atoms with Gasteiger partial charge in [-0.1, -0.05) is 20.8 Å². The maximum atomic E-state index is 12.0. The van der Waals surface area contributed by atoms with Crippen molar-refractivity contribution in [2.75, 3.05) is 11.9 Å². The molecule has 0 radical (unpaired) electrons. The van der Waals surface area contributed by atoms with Gasteiger partial charge >= 0.3 is 5.69 Å². The van der Waals surface area contributed by atoms with Crippen molar-refractivity contribution in [3.05, 3.63) is 52.7 Å². The Kier molecular flexibility index (Phi) is 4.38. The first-order valence-corrected chi connectivity index (χ1v) is 8.95. The Morgan fingerprint density at radius 2 is 1.89 bits per heavy atom. The molecule has 0 saturated carbocycles. The summed E-state index contributed by atoms with van der Waals surface area (Å²) in [5.41, 5.74) is 1.68. The fourth-order valence-electron chi connectivity index (χ4n) is 2.73. The molecule has 4 rings (SSSR count). The van der Waals surface area contributed by atoms with E-state index in [0.29, 0.717) is 30.3 Å². The highest BCUT2D eigenvalue weighted by Gasteiger charge is 2.20. The quantitative estimate of drug-likeness (QED) is 0.480. The molecule has 10 nitrogen and oxygen atoms in total. The predicted octanol–water partition coefficient (Wildman–Crippen LogP) is 1.55. The molecule has 0 saturated heterocycles. The number of nitrogens with one attached hydrogen (secondary N) is 3. The lowest BCUT2D eigenvalue weighted by Gasteiger charge is -2.19. The lowest BCUT2D eigenvalue weighted by molar-refractivity contribution is 0.565. The molecule has 4 aromatic heterocycles. The van der Waals surface area contributed by atoms with Crippen molar-refractivity contribution >= 4 is 11.5 Å². The summed E-state index contributed by atoms with van der Waals surface area (Å²) < 4.78 is 1.48. The first-order chi connectivity index (χ1) is 13.4. The van der Waals surface area contributed by atoms with Crippen molar-refractivity contribution in [1.29, 1.82) is 0 Å². The van der Waals surface area contributed by atoms with Crippen LogP contribution < -0.4 is 11.0 Å². The van der Waals surface area contributed by atoms with E-state index in [4.69, 9.17) is 0 Å². The van der Waals surface area contributed by atoms with Gasteiger partial charge in [0.1, 0.15) is 5.82 Å². The highest BCUT2D eigenvalue weighted by molar-refractivity contribution is 5.62. The van der Waals surface area contributed by atoms with Crippen molar-refractivity contribution < 1.29 is 0 Å². The van der Waals surface area contributed by atoms with Crippen molar-refractivity contribution in [1.82, 2.24) is 39.7 Å². The minimum Gasteiger partial charge on any atom is -0.366 e. The molecular weight excluding hydrogens is 358 g/mol. The molecule has 0 unspecified atom stereocenters. The fraction of sp³-hybridized carbons (Fsp3) is 0.333. The third kappa shape index (κ3) is 3.48.